The Bertz CT molecular complexity index is 563. The summed E-state index contributed by atoms with van der Waals surface area (Å²) < 4.78 is 6.40. The van der Waals surface area contributed by atoms with Crippen LogP contribution in [0.15, 0.2) is 39.4 Å². The number of halogens is 1. The van der Waals surface area contributed by atoms with Crippen LogP contribution in [0.3, 0.4) is 0 Å². The lowest BCUT2D eigenvalue weighted by Crippen LogP contribution is -2.20. The molecule has 4 heteroatoms. The zero-order chi connectivity index (χ0) is 14.0. The highest BCUT2D eigenvalue weighted by Crippen LogP contribution is 2.29. The maximum absolute atomic E-state index is 6.05. The molecular formula is C15H19BrN2O. The fourth-order valence-electron chi connectivity index (χ4n) is 2.15. The first-order valence-corrected chi connectivity index (χ1v) is 7.07. The van der Waals surface area contributed by atoms with Gasteiger partial charge in [-0.15, -0.1) is 0 Å². The Morgan fingerprint density at radius 3 is 2.68 bits per heavy atom. The maximum atomic E-state index is 6.05. The third-order valence-corrected chi connectivity index (χ3v) is 3.76. The van der Waals surface area contributed by atoms with Crippen LogP contribution in [0.2, 0.25) is 0 Å². The first-order valence-electron chi connectivity index (χ1n) is 6.28. The van der Waals surface area contributed by atoms with Gasteiger partial charge in [-0.25, -0.2) is 0 Å². The number of rotatable bonds is 4. The van der Waals surface area contributed by atoms with Crippen LogP contribution in [0, 0.1) is 6.92 Å². The number of benzene rings is 1. The number of hydrogen-bond donors (Lipinski definition) is 1. The highest BCUT2D eigenvalue weighted by atomic mass is 79.9. The zero-order valence-electron chi connectivity index (χ0n) is 11.5. The van der Waals surface area contributed by atoms with Crippen LogP contribution in [0.5, 0.6) is 0 Å². The molecule has 3 nitrogen and oxygen atoms in total. The Labute approximate surface area is 122 Å². The van der Waals surface area contributed by atoms with E-state index in [4.69, 9.17) is 10.2 Å². The number of nitrogens with zero attached hydrogens (tertiary/aromatic N) is 1. The predicted octanol–water partition coefficient (Wildman–Crippen LogP) is 4.01. The van der Waals surface area contributed by atoms with Crippen LogP contribution in [-0.2, 0) is 6.54 Å². The van der Waals surface area contributed by atoms with Gasteiger partial charge < -0.3 is 15.1 Å². The Morgan fingerprint density at radius 2 is 2.11 bits per heavy atom. The fourth-order valence-corrected chi connectivity index (χ4v) is 2.50. The van der Waals surface area contributed by atoms with Gasteiger partial charge in [0.25, 0.3) is 0 Å². The van der Waals surface area contributed by atoms with Crippen molar-refractivity contribution in [3.05, 3.63) is 51.9 Å². The molecule has 0 saturated carbocycles. The topological polar surface area (TPSA) is 42.4 Å². The number of nitrogens with two attached hydrogens (primary N) is 1. The van der Waals surface area contributed by atoms with Crippen molar-refractivity contribution in [3.8, 4) is 0 Å². The van der Waals surface area contributed by atoms with Gasteiger partial charge in [-0.05, 0) is 37.6 Å². The Hall–Kier alpha value is -1.26. The summed E-state index contributed by atoms with van der Waals surface area (Å²) in [7, 11) is 2.07. The van der Waals surface area contributed by atoms with Gasteiger partial charge in [-0.1, -0.05) is 22.0 Å². The number of anilines is 1. The second-order valence-corrected chi connectivity index (χ2v) is 5.77. The van der Waals surface area contributed by atoms with Gasteiger partial charge in [-0.2, -0.15) is 0 Å². The lowest BCUT2D eigenvalue weighted by molar-refractivity contribution is 0.529. The van der Waals surface area contributed by atoms with E-state index in [1.165, 1.54) is 5.56 Å². The summed E-state index contributed by atoms with van der Waals surface area (Å²) in [5.41, 5.74) is 9.53. The Morgan fingerprint density at radius 1 is 1.37 bits per heavy atom. The molecule has 0 aliphatic rings. The summed E-state index contributed by atoms with van der Waals surface area (Å²) in [5, 5.41) is 0. The van der Waals surface area contributed by atoms with Crippen molar-refractivity contribution in [3.63, 3.8) is 0 Å². The molecule has 0 fully saturated rings. The van der Waals surface area contributed by atoms with E-state index in [1.807, 2.05) is 26.0 Å². The van der Waals surface area contributed by atoms with Crippen molar-refractivity contribution in [2.24, 2.45) is 5.73 Å². The minimum Gasteiger partial charge on any atom is -0.469 e. The second kappa shape index (κ2) is 5.80. The molecule has 0 bridgehead atoms. The van der Waals surface area contributed by atoms with Gasteiger partial charge in [0.05, 0.1) is 6.26 Å². The summed E-state index contributed by atoms with van der Waals surface area (Å²) in [5.74, 6) is 0.962. The van der Waals surface area contributed by atoms with Gasteiger partial charge in [0, 0.05) is 35.4 Å². The average molecular weight is 323 g/mol. The molecule has 2 aromatic rings. The normalized spacial score (nSPS) is 12.5. The van der Waals surface area contributed by atoms with Crippen LogP contribution >= 0.6 is 15.9 Å². The van der Waals surface area contributed by atoms with Gasteiger partial charge in [-0.3, -0.25) is 0 Å². The van der Waals surface area contributed by atoms with Gasteiger partial charge >= 0.3 is 0 Å². The Balaban J connectivity index is 2.30. The first kappa shape index (κ1) is 14.2. The SMILES string of the molecule is Cc1occc1CN(C)c1cc(Br)ccc1C(C)N. The molecule has 0 spiro atoms. The summed E-state index contributed by atoms with van der Waals surface area (Å²) in [4.78, 5) is 2.20. The van der Waals surface area contributed by atoms with E-state index in [0.29, 0.717) is 0 Å². The summed E-state index contributed by atoms with van der Waals surface area (Å²) >= 11 is 3.52. The molecule has 1 heterocycles. The van der Waals surface area contributed by atoms with E-state index < -0.39 is 0 Å². The third-order valence-electron chi connectivity index (χ3n) is 3.27. The summed E-state index contributed by atoms with van der Waals surface area (Å²) in [6.45, 7) is 4.79. The standard InChI is InChI=1S/C15H19BrN2O/c1-10(17)14-5-4-13(16)8-15(14)18(3)9-12-6-7-19-11(12)2/h4-8,10H,9,17H2,1-3H3. The largest absolute Gasteiger partial charge is 0.469 e. The van der Waals surface area contributed by atoms with Crippen molar-refractivity contribution in [2.45, 2.75) is 26.4 Å². The molecule has 0 amide bonds. The van der Waals surface area contributed by atoms with E-state index >= 15 is 0 Å². The van der Waals surface area contributed by atoms with Crippen molar-refractivity contribution >= 4 is 21.6 Å². The van der Waals surface area contributed by atoms with Gasteiger partial charge in [0.15, 0.2) is 0 Å². The number of furan rings is 1. The highest BCUT2D eigenvalue weighted by Gasteiger charge is 2.13. The zero-order valence-corrected chi connectivity index (χ0v) is 13.1. The van der Waals surface area contributed by atoms with E-state index in [0.717, 1.165) is 28.0 Å². The molecule has 2 N–H and O–H groups in total. The maximum Gasteiger partial charge on any atom is 0.105 e. The van der Waals surface area contributed by atoms with E-state index in [9.17, 15) is 0 Å². The van der Waals surface area contributed by atoms with Gasteiger partial charge in [0.2, 0.25) is 0 Å². The van der Waals surface area contributed by atoms with Gasteiger partial charge in [0.1, 0.15) is 5.76 Å². The quantitative estimate of drug-likeness (QED) is 0.924. The van der Waals surface area contributed by atoms with E-state index in [2.05, 4.69) is 40.0 Å². The van der Waals surface area contributed by atoms with Crippen LogP contribution in [0.4, 0.5) is 5.69 Å². The first-order chi connectivity index (χ1) is 8.99. The average Bonchev–Trinajstić information content (AvgIpc) is 2.74. The molecular weight excluding hydrogens is 304 g/mol. The second-order valence-electron chi connectivity index (χ2n) is 4.85. The van der Waals surface area contributed by atoms with Crippen molar-refractivity contribution < 1.29 is 4.42 Å². The third kappa shape index (κ3) is 3.19. The smallest absolute Gasteiger partial charge is 0.105 e. The predicted molar refractivity (Wildman–Crippen MR) is 82.3 cm³/mol. The Kier molecular flexibility index (Phi) is 4.32. The number of aryl methyl sites for hydroxylation is 1. The van der Waals surface area contributed by atoms with Crippen LogP contribution in [-0.4, -0.2) is 7.05 Å². The molecule has 1 aromatic heterocycles. The number of hydrogen-bond acceptors (Lipinski definition) is 3. The van der Waals surface area contributed by atoms with Crippen molar-refractivity contribution in [2.75, 3.05) is 11.9 Å². The van der Waals surface area contributed by atoms with Crippen LogP contribution in [0.25, 0.3) is 0 Å². The molecule has 2 rings (SSSR count). The monoisotopic (exact) mass is 322 g/mol. The minimum absolute atomic E-state index is 0.0102. The molecule has 1 unspecified atom stereocenters. The van der Waals surface area contributed by atoms with Crippen LogP contribution in [0.1, 0.15) is 29.9 Å². The lowest BCUT2D eigenvalue weighted by atomic mass is 10.1. The molecule has 1 aromatic carbocycles. The van der Waals surface area contributed by atoms with Crippen molar-refractivity contribution in [1.29, 1.82) is 0 Å². The molecule has 19 heavy (non-hydrogen) atoms. The van der Waals surface area contributed by atoms with Crippen molar-refractivity contribution in [1.82, 2.24) is 0 Å². The molecule has 0 radical (unpaired) electrons. The lowest BCUT2D eigenvalue weighted by Gasteiger charge is -2.24. The summed E-state index contributed by atoms with van der Waals surface area (Å²) in [6.07, 6.45) is 1.73. The fraction of sp³-hybridized carbons (Fsp3) is 0.333. The summed E-state index contributed by atoms with van der Waals surface area (Å²) in [6, 6.07) is 8.22. The van der Waals surface area contributed by atoms with E-state index in [-0.39, 0.29) is 6.04 Å². The van der Waals surface area contributed by atoms with Crippen LogP contribution < -0.4 is 10.6 Å². The highest BCUT2D eigenvalue weighted by molar-refractivity contribution is 9.10. The molecule has 0 aliphatic carbocycles. The molecule has 0 saturated heterocycles. The minimum atomic E-state index is 0.0102. The van der Waals surface area contributed by atoms with E-state index in [1.54, 1.807) is 6.26 Å². The molecule has 102 valence electrons. The molecule has 1 atom stereocenters. The molecule has 0 aliphatic heterocycles.